The van der Waals surface area contributed by atoms with Crippen molar-refractivity contribution in [2.24, 2.45) is 0 Å². The molecule has 1 nitrogen and oxygen atoms in total. The van der Waals surface area contributed by atoms with Crippen molar-refractivity contribution in [3.63, 3.8) is 0 Å². The fraction of sp³-hybridized carbons (Fsp3) is 0.125. The van der Waals surface area contributed by atoms with Gasteiger partial charge < -0.3 is 0 Å². The van der Waals surface area contributed by atoms with Gasteiger partial charge in [0, 0.05) is 5.56 Å². The SMILES string of the molecule is O=[C]c1cccc(C(F)(F)F)c1. The van der Waals surface area contributed by atoms with E-state index in [-0.39, 0.29) is 5.56 Å². The van der Waals surface area contributed by atoms with Crippen molar-refractivity contribution >= 4 is 6.29 Å². The Morgan fingerprint density at radius 3 is 2.42 bits per heavy atom. The summed E-state index contributed by atoms with van der Waals surface area (Å²) < 4.78 is 35.9. The van der Waals surface area contributed by atoms with E-state index in [9.17, 15) is 18.0 Å². The van der Waals surface area contributed by atoms with E-state index >= 15 is 0 Å². The average Bonchev–Trinajstić information content (AvgIpc) is 2.03. The lowest BCUT2D eigenvalue weighted by Crippen LogP contribution is -2.04. The maximum absolute atomic E-state index is 12.0. The summed E-state index contributed by atoms with van der Waals surface area (Å²) in [6.45, 7) is 0. The normalized spacial score (nSPS) is 11.2. The first-order valence-corrected chi connectivity index (χ1v) is 3.09. The monoisotopic (exact) mass is 173 g/mol. The number of rotatable bonds is 1. The van der Waals surface area contributed by atoms with Crippen LogP contribution >= 0.6 is 0 Å². The topological polar surface area (TPSA) is 17.1 Å². The largest absolute Gasteiger partial charge is 0.416 e. The predicted molar refractivity (Wildman–Crippen MR) is 36.2 cm³/mol. The number of benzene rings is 1. The second kappa shape index (κ2) is 2.97. The van der Waals surface area contributed by atoms with Gasteiger partial charge in [-0.15, -0.1) is 0 Å². The smallest absolute Gasteiger partial charge is 0.285 e. The number of hydrogen-bond acceptors (Lipinski definition) is 1. The Kier molecular flexibility index (Phi) is 2.17. The highest BCUT2D eigenvalue weighted by atomic mass is 19.4. The van der Waals surface area contributed by atoms with Gasteiger partial charge in [0.25, 0.3) is 0 Å². The van der Waals surface area contributed by atoms with E-state index in [1.54, 1.807) is 0 Å². The molecule has 1 aromatic rings. The van der Waals surface area contributed by atoms with Gasteiger partial charge in [0.05, 0.1) is 5.56 Å². The van der Waals surface area contributed by atoms with E-state index in [1.807, 2.05) is 0 Å². The van der Waals surface area contributed by atoms with Crippen molar-refractivity contribution in [3.05, 3.63) is 35.4 Å². The Balaban J connectivity index is 3.10. The molecule has 1 rings (SSSR count). The van der Waals surface area contributed by atoms with Gasteiger partial charge in [0.2, 0.25) is 6.29 Å². The minimum absolute atomic E-state index is 0.0928. The van der Waals surface area contributed by atoms with E-state index in [1.165, 1.54) is 18.4 Å². The fourth-order valence-electron chi connectivity index (χ4n) is 0.759. The zero-order valence-corrected chi connectivity index (χ0v) is 5.85. The number of carbonyl (C=O) groups excluding carboxylic acids is 1. The second-order valence-electron chi connectivity index (χ2n) is 2.18. The van der Waals surface area contributed by atoms with Gasteiger partial charge in [-0.05, 0) is 12.1 Å². The molecule has 4 heteroatoms. The molecule has 0 amide bonds. The summed E-state index contributed by atoms with van der Waals surface area (Å²) in [5.74, 6) is 0. The van der Waals surface area contributed by atoms with Crippen LogP contribution in [0, 0.1) is 0 Å². The van der Waals surface area contributed by atoms with Crippen LogP contribution in [-0.2, 0) is 11.0 Å². The Labute approximate surface area is 66.8 Å². The molecule has 0 spiro atoms. The third kappa shape index (κ3) is 1.84. The number of hydrogen-bond donors (Lipinski definition) is 0. The zero-order chi connectivity index (χ0) is 9.19. The lowest BCUT2D eigenvalue weighted by atomic mass is 10.1. The summed E-state index contributed by atoms with van der Waals surface area (Å²) in [5, 5.41) is 0. The van der Waals surface area contributed by atoms with Gasteiger partial charge in [-0.1, -0.05) is 12.1 Å². The molecule has 0 aliphatic heterocycles. The molecule has 0 aliphatic rings. The molecule has 1 radical (unpaired) electrons. The summed E-state index contributed by atoms with van der Waals surface area (Å²) in [4.78, 5) is 9.99. The third-order valence-electron chi connectivity index (χ3n) is 1.31. The third-order valence-corrected chi connectivity index (χ3v) is 1.31. The lowest BCUT2D eigenvalue weighted by molar-refractivity contribution is -0.137. The standard InChI is InChI=1S/C8H4F3O/c9-8(10,11)7-3-1-2-6(4-7)5-12/h1-4H. The summed E-state index contributed by atoms with van der Waals surface area (Å²) in [6.07, 6.45) is -3.01. The lowest BCUT2D eigenvalue weighted by Gasteiger charge is -2.05. The van der Waals surface area contributed by atoms with Crippen LogP contribution in [0.3, 0.4) is 0 Å². The Bertz CT molecular complexity index is 291. The van der Waals surface area contributed by atoms with Crippen LogP contribution in [0.15, 0.2) is 24.3 Å². The van der Waals surface area contributed by atoms with Gasteiger partial charge in [-0.3, -0.25) is 4.79 Å². The quantitative estimate of drug-likeness (QED) is 0.636. The summed E-state index contributed by atoms with van der Waals surface area (Å²) in [7, 11) is 0. The highest BCUT2D eigenvalue weighted by Crippen LogP contribution is 2.29. The van der Waals surface area contributed by atoms with Gasteiger partial charge in [0.15, 0.2) is 0 Å². The van der Waals surface area contributed by atoms with Crippen LogP contribution in [0.4, 0.5) is 13.2 Å². The molecule has 1 aromatic carbocycles. The first-order chi connectivity index (χ1) is 5.54. The number of halogens is 3. The molecule has 0 saturated carbocycles. The minimum atomic E-state index is -4.40. The van der Waals surface area contributed by atoms with Crippen LogP contribution in [0.2, 0.25) is 0 Å². The molecule has 0 atom stereocenters. The molecule has 0 fully saturated rings. The molecule has 0 heterocycles. The molecule has 0 aromatic heterocycles. The van der Waals surface area contributed by atoms with E-state index in [2.05, 4.69) is 0 Å². The summed E-state index contributed by atoms with van der Waals surface area (Å²) >= 11 is 0. The molecular weight excluding hydrogens is 169 g/mol. The Morgan fingerprint density at radius 2 is 1.92 bits per heavy atom. The molecule has 0 N–H and O–H groups in total. The van der Waals surface area contributed by atoms with Crippen molar-refractivity contribution in [3.8, 4) is 0 Å². The van der Waals surface area contributed by atoms with E-state index in [4.69, 9.17) is 0 Å². The zero-order valence-electron chi connectivity index (χ0n) is 5.85. The van der Waals surface area contributed by atoms with E-state index < -0.39 is 11.7 Å². The van der Waals surface area contributed by atoms with Crippen molar-refractivity contribution in [1.82, 2.24) is 0 Å². The average molecular weight is 173 g/mol. The van der Waals surface area contributed by atoms with Crippen LogP contribution in [-0.4, -0.2) is 6.29 Å². The molecule has 0 bridgehead atoms. The van der Waals surface area contributed by atoms with E-state index in [0.29, 0.717) is 0 Å². The van der Waals surface area contributed by atoms with Crippen LogP contribution in [0.5, 0.6) is 0 Å². The van der Waals surface area contributed by atoms with E-state index in [0.717, 1.165) is 12.1 Å². The van der Waals surface area contributed by atoms with Gasteiger partial charge in [0.1, 0.15) is 0 Å². The maximum Gasteiger partial charge on any atom is 0.416 e. The van der Waals surface area contributed by atoms with Crippen LogP contribution in [0.1, 0.15) is 11.1 Å². The molecular formula is C8H4F3O. The van der Waals surface area contributed by atoms with Crippen molar-refractivity contribution in [2.75, 3.05) is 0 Å². The first kappa shape index (κ1) is 8.77. The predicted octanol–water partition coefficient (Wildman–Crippen LogP) is 2.16. The maximum atomic E-state index is 12.0. The molecule has 12 heavy (non-hydrogen) atoms. The van der Waals surface area contributed by atoms with Crippen molar-refractivity contribution < 1.29 is 18.0 Å². The van der Waals surface area contributed by atoms with Gasteiger partial charge >= 0.3 is 6.18 Å². The first-order valence-electron chi connectivity index (χ1n) is 3.09. The Hall–Kier alpha value is -1.32. The molecule has 63 valence electrons. The summed E-state index contributed by atoms with van der Waals surface area (Å²) in [6, 6.07) is 4.10. The fourth-order valence-corrected chi connectivity index (χ4v) is 0.759. The van der Waals surface area contributed by atoms with Crippen molar-refractivity contribution in [2.45, 2.75) is 6.18 Å². The second-order valence-corrected chi connectivity index (χ2v) is 2.18. The van der Waals surface area contributed by atoms with Gasteiger partial charge in [-0.2, -0.15) is 13.2 Å². The summed E-state index contributed by atoms with van der Waals surface area (Å²) in [5.41, 5.74) is -0.923. The van der Waals surface area contributed by atoms with Gasteiger partial charge in [-0.25, -0.2) is 0 Å². The highest BCUT2D eigenvalue weighted by molar-refractivity contribution is 5.75. The minimum Gasteiger partial charge on any atom is -0.285 e. The molecule has 0 saturated heterocycles. The van der Waals surface area contributed by atoms with Crippen LogP contribution < -0.4 is 0 Å². The number of alkyl halides is 3. The Morgan fingerprint density at radius 1 is 1.25 bits per heavy atom. The van der Waals surface area contributed by atoms with Crippen LogP contribution in [0.25, 0.3) is 0 Å². The highest BCUT2D eigenvalue weighted by Gasteiger charge is 2.30. The molecule has 0 unspecified atom stereocenters. The molecule has 0 aliphatic carbocycles. The van der Waals surface area contributed by atoms with Crippen molar-refractivity contribution in [1.29, 1.82) is 0 Å².